The van der Waals surface area contributed by atoms with E-state index in [1.807, 2.05) is 6.92 Å². The summed E-state index contributed by atoms with van der Waals surface area (Å²) in [6.45, 7) is 2.50. The number of ether oxygens (including phenoxy) is 2. The lowest BCUT2D eigenvalue weighted by atomic mass is 9.84. The summed E-state index contributed by atoms with van der Waals surface area (Å²) in [5.41, 5.74) is -0.384. The fourth-order valence-electron chi connectivity index (χ4n) is 1.90. The molecule has 0 saturated carbocycles. The SMILES string of the molecule is CCC1(COc2ccccc2S(F)(F)(F)(F)F)COC1. The van der Waals surface area contributed by atoms with Crippen LogP contribution in [0, 0.1) is 5.41 Å². The van der Waals surface area contributed by atoms with Gasteiger partial charge in [-0.1, -0.05) is 38.5 Å². The lowest BCUT2D eigenvalue weighted by Crippen LogP contribution is -2.46. The Bertz CT molecular complexity index is 504. The van der Waals surface area contributed by atoms with Crippen LogP contribution in [0.4, 0.5) is 19.4 Å². The highest BCUT2D eigenvalue weighted by Crippen LogP contribution is 3.03. The van der Waals surface area contributed by atoms with E-state index < -0.39 is 20.9 Å². The molecule has 1 aromatic carbocycles. The third kappa shape index (κ3) is 3.17. The molecule has 20 heavy (non-hydrogen) atoms. The average molecular weight is 318 g/mol. The molecular weight excluding hydrogens is 303 g/mol. The highest BCUT2D eigenvalue weighted by atomic mass is 32.5. The van der Waals surface area contributed by atoms with Crippen molar-refractivity contribution in [3.8, 4) is 5.75 Å². The summed E-state index contributed by atoms with van der Waals surface area (Å²) >= 11 is 0. The van der Waals surface area contributed by atoms with Crippen molar-refractivity contribution >= 4 is 10.2 Å². The van der Waals surface area contributed by atoms with E-state index in [0.717, 1.165) is 12.1 Å². The Balaban J connectivity index is 2.26. The van der Waals surface area contributed by atoms with Gasteiger partial charge >= 0.3 is 10.2 Å². The zero-order valence-electron chi connectivity index (χ0n) is 10.8. The van der Waals surface area contributed by atoms with Crippen molar-refractivity contribution in [3.63, 3.8) is 0 Å². The van der Waals surface area contributed by atoms with E-state index in [0.29, 0.717) is 25.7 Å². The van der Waals surface area contributed by atoms with Crippen molar-refractivity contribution in [1.82, 2.24) is 0 Å². The third-order valence-corrected chi connectivity index (χ3v) is 4.53. The summed E-state index contributed by atoms with van der Waals surface area (Å²) in [6, 6.07) is 3.42. The molecule has 1 saturated heterocycles. The Morgan fingerprint density at radius 3 is 2.20 bits per heavy atom. The van der Waals surface area contributed by atoms with Gasteiger partial charge in [-0.05, 0) is 18.6 Å². The fraction of sp³-hybridized carbons (Fsp3) is 0.500. The Hall–Kier alpha value is -1.02. The quantitative estimate of drug-likeness (QED) is 0.699. The molecule has 116 valence electrons. The molecule has 0 unspecified atom stereocenters. The van der Waals surface area contributed by atoms with Crippen LogP contribution in [0.5, 0.6) is 5.75 Å². The van der Waals surface area contributed by atoms with Gasteiger partial charge in [0.1, 0.15) is 10.6 Å². The van der Waals surface area contributed by atoms with Crippen molar-refractivity contribution in [2.75, 3.05) is 19.8 Å². The van der Waals surface area contributed by atoms with Crippen LogP contribution >= 0.6 is 10.2 Å². The van der Waals surface area contributed by atoms with Crippen molar-refractivity contribution in [1.29, 1.82) is 0 Å². The van der Waals surface area contributed by atoms with Crippen LogP contribution in [-0.2, 0) is 4.74 Å². The summed E-state index contributed by atoms with van der Waals surface area (Å²) < 4.78 is 74.6. The van der Waals surface area contributed by atoms with Crippen LogP contribution in [0.25, 0.3) is 0 Å². The molecule has 1 aliphatic rings. The van der Waals surface area contributed by atoms with Crippen molar-refractivity contribution in [3.05, 3.63) is 24.3 Å². The van der Waals surface area contributed by atoms with Gasteiger partial charge in [0.05, 0.1) is 25.2 Å². The topological polar surface area (TPSA) is 18.5 Å². The molecule has 1 aliphatic heterocycles. The van der Waals surface area contributed by atoms with Crippen LogP contribution in [0.2, 0.25) is 0 Å². The second-order valence-electron chi connectivity index (χ2n) is 5.05. The maximum Gasteiger partial charge on any atom is 0.313 e. The molecule has 1 aromatic rings. The standard InChI is InChI=1S/C12H15F5O2S/c1-2-12(7-18-8-12)9-19-10-5-3-4-6-11(10)20(13,14,15,16)17/h3-6H,2,7-9H2,1H3. The van der Waals surface area contributed by atoms with Gasteiger partial charge in [-0.25, -0.2) is 0 Å². The number of hydrogen-bond donors (Lipinski definition) is 0. The normalized spacial score (nSPS) is 21.5. The van der Waals surface area contributed by atoms with Crippen LogP contribution < -0.4 is 4.74 Å². The molecule has 0 spiro atoms. The smallest absolute Gasteiger partial charge is 0.313 e. The third-order valence-electron chi connectivity index (χ3n) is 3.37. The lowest BCUT2D eigenvalue weighted by Gasteiger charge is -2.43. The monoisotopic (exact) mass is 318 g/mol. The Kier molecular flexibility index (Phi) is 3.08. The molecule has 8 heteroatoms. The molecule has 0 N–H and O–H groups in total. The number of para-hydroxylation sites is 1. The molecule has 0 aromatic heterocycles. The van der Waals surface area contributed by atoms with E-state index in [1.54, 1.807) is 0 Å². The molecule has 0 atom stereocenters. The summed E-state index contributed by atoms with van der Waals surface area (Å²) in [7, 11) is -9.74. The first-order valence-corrected chi connectivity index (χ1v) is 7.95. The molecule has 1 heterocycles. The van der Waals surface area contributed by atoms with E-state index in [9.17, 15) is 19.4 Å². The molecule has 0 radical (unpaired) electrons. The summed E-state index contributed by atoms with van der Waals surface area (Å²) in [5.74, 6) is -0.827. The summed E-state index contributed by atoms with van der Waals surface area (Å²) in [5, 5.41) is 0. The maximum atomic E-state index is 12.9. The van der Waals surface area contributed by atoms with Gasteiger partial charge in [0.25, 0.3) is 0 Å². The maximum absolute atomic E-state index is 12.9. The van der Waals surface area contributed by atoms with Crippen molar-refractivity contribution < 1.29 is 28.9 Å². The average Bonchev–Trinajstić information content (AvgIpc) is 2.25. The summed E-state index contributed by atoms with van der Waals surface area (Å²) in [6.07, 6.45) is 0.644. The zero-order chi connectivity index (χ0) is 15.1. The summed E-state index contributed by atoms with van der Waals surface area (Å²) in [4.78, 5) is -1.97. The second-order valence-corrected chi connectivity index (χ2v) is 7.43. The van der Waals surface area contributed by atoms with E-state index >= 15 is 0 Å². The molecule has 1 fully saturated rings. The van der Waals surface area contributed by atoms with Crippen LogP contribution in [-0.4, -0.2) is 19.8 Å². The van der Waals surface area contributed by atoms with E-state index in [1.165, 1.54) is 6.07 Å². The zero-order valence-corrected chi connectivity index (χ0v) is 11.6. The van der Waals surface area contributed by atoms with Gasteiger partial charge < -0.3 is 9.47 Å². The predicted molar refractivity (Wildman–Crippen MR) is 66.9 cm³/mol. The fourth-order valence-corrected chi connectivity index (χ4v) is 2.74. The van der Waals surface area contributed by atoms with Gasteiger partial charge in [0, 0.05) is 0 Å². The number of rotatable bonds is 5. The first-order valence-electron chi connectivity index (χ1n) is 5.99. The minimum Gasteiger partial charge on any atom is -0.491 e. The van der Waals surface area contributed by atoms with Gasteiger partial charge in [-0.15, -0.1) is 0 Å². The lowest BCUT2D eigenvalue weighted by molar-refractivity contribution is -0.133. The van der Waals surface area contributed by atoms with Crippen LogP contribution in [0.1, 0.15) is 13.3 Å². The first-order chi connectivity index (χ1) is 8.96. The van der Waals surface area contributed by atoms with Gasteiger partial charge in [-0.2, -0.15) is 0 Å². The molecule has 2 nitrogen and oxygen atoms in total. The van der Waals surface area contributed by atoms with Crippen LogP contribution in [0.3, 0.4) is 0 Å². The van der Waals surface area contributed by atoms with E-state index in [-0.39, 0.29) is 12.0 Å². The Morgan fingerprint density at radius 1 is 1.15 bits per heavy atom. The van der Waals surface area contributed by atoms with Crippen molar-refractivity contribution in [2.24, 2.45) is 5.41 Å². The highest BCUT2D eigenvalue weighted by molar-refractivity contribution is 8.45. The largest absolute Gasteiger partial charge is 0.491 e. The first kappa shape index (κ1) is 15.4. The minimum absolute atomic E-state index is 0.0750. The second kappa shape index (κ2) is 4.00. The Labute approximate surface area is 113 Å². The number of hydrogen-bond acceptors (Lipinski definition) is 2. The minimum atomic E-state index is -9.74. The van der Waals surface area contributed by atoms with Gasteiger partial charge in [0.2, 0.25) is 0 Å². The molecule has 0 aliphatic carbocycles. The molecule has 0 amide bonds. The number of benzene rings is 1. The van der Waals surface area contributed by atoms with Crippen molar-refractivity contribution in [2.45, 2.75) is 18.2 Å². The molecule has 2 rings (SSSR count). The van der Waals surface area contributed by atoms with Crippen LogP contribution in [0.15, 0.2) is 29.2 Å². The van der Waals surface area contributed by atoms with E-state index in [2.05, 4.69) is 0 Å². The van der Waals surface area contributed by atoms with Gasteiger partial charge in [0.15, 0.2) is 0 Å². The molecule has 0 bridgehead atoms. The highest BCUT2D eigenvalue weighted by Gasteiger charge is 2.67. The van der Waals surface area contributed by atoms with E-state index in [4.69, 9.17) is 9.47 Å². The van der Waals surface area contributed by atoms with Gasteiger partial charge in [-0.3, -0.25) is 0 Å². The molecular formula is C12H15F5O2S. The number of halogens is 5. The Morgan fingerprint density at radius 2 is 1.75 bits per heavy atom. The predicted octanol–water partition coefficient (Wildman–Crippen LogP) is 5.15.